The number of rotatable bonds is 3. The number of amides is 2. The maximum absolute atomic E-state index is 12.8. The summed E-state index contributed by atoms with van der Waals surface area (Å²) in [6.45, 7) is -0.360. The number of aromatic hydroxyl groups is 1. The van der Waals surface area contributed by atoms with Crippen molar-refractivity contribution < 1.29 is 38.4 Å². The van der Waals surface area contributed by atoms with Crippen molar-refractivity contribution in [3.8, 4) is 23.0 Å². The van der Waals surface area contributed by atoms with Crippen molar-refractivity contribution >= 4 is 17.8 Å². The number of phenols is 1. The maximum Gasteiger partial charge on any atom is 0.343 e. The van der Waals surface area contributed by atoms with Gasteiger partial charge in [-0.05, 0) is 44.5 Å². The zero-order valence-corrected chi connectivity index (χ0v) is 26.1. The first kappa shape index (κ1) is 31.5. The normalized spacial score (nSPS) is 14.8. The van der Waals surface area contributed by atoms with E-state index in [4.69, 9.17) is 18.9 Å². The summed E-state index contributed by atoms with van der Waals surface area (Å²) in [5.74, 6) is 0.512. The van der Waals surface area contributed by atoms with Crippen LogP contribution in [0.25, 0.3) is 0 Å². The first-order chi connectivity index (χ1) is 22.9. The minimum absolute atomic E-state index is 0.157. The highest BCUT2D eigenvalue weighted by molar-refractivity contribution is 5.79. The molecule has 0 aromatic heterocycles. The number of para-hydroxylation sites is 4. The molecule has 0 atom stereocenters. The van der Waals surface area contributed by atoms with Gasteiger partial charge in [0.2, 0.25) is 0 Å². The molecular weight excluding hydrogens is 600 g/mol. The molecule has 10 heteroatoms. The number of hydrogen-bond acceptors (Lipinski definition) is 8. The lowest BCUT2D eigenvalue weighted by Crippen LogP contribution is -2.38. The summed E-state index contributed by atoms with van der Waals surface area (Å²) in [4.78, 5) is 37.9. The minimum atomic E-state index is -0.520. The molecule has 2 aliphatic rings. The Bertz CT molecular complexity index is 1700. The first-order valence-corrected chi connectivity index (χ1v) is 15.5. The van der Waals surface area contributed by atoms with Crippen molar-refractivity contribution in [2.45, 2.75) is 25.7 Å². The number of methoxy groups -OCH3 is 1. The van der Waals surface area contributed by atoms with Crippen LogP contribution in [0.2, 0.25) is 0 Å². The summed E-state index contributed by atoms with van der Waals surface area (Å²) in [7, 11) is 1.31. The molecule has 1 heterocycles. The molecule has 2 amide bonds. The second-order valence-corrected chi connectivity index (χ2v) is 11.5. The van der Waals surface area contributed by atoms with E-state index in [0.717, 1.165) is 33.4 Å². The van der Waals surface area contributed by atoms with Crippen LogP contribution in [0.1, 0.15) is 44.5 Å². The predicted molar refractivity (Wildman–Crippen MR) is 173 cm³/mol. The van der Waals surface area contributed by atoms with Gasteiger partial charge >= 0.3 is 5.97 Å². The summed E-state index contributed by atoms with van der Waals surface area (Å²) in [5.41, 5.74) is 6.17. The fraction of sp³-hybridized carbons (Fsp3) is 0.270. The van der Waals surface area contributed by atoms with Gasteiger partial charge in [-0.3, -0.25) is 9.59 Å². The van der Waals surface area contributed by atoms with Crippen LogP contribution < -0.4 is 24.8 Å². The summed E-state index contributed by atoms with van der Waals surface area (Å²) >= 11 is 0. The second kappa shape index (κ2) is 14.3. The van der Waals surface area contributed by atoms with Gasteiger partial charge < -0.3 is 34.7 Å². The smallest absolute Gasteiger partial charge is 0.343 e. The Morgan fingerprint density at radius 1 is 0.660 bits per heavy atom. The molecule has 47 heavy (non-hydrogen) atoms. The van der Waals surface area contributed by atoms with Crippen molar-refractivity contribution in [2.24, 2.45) is 0 Å². The van der Waals surface area contributed by atoms with Gasteiger partial charge in [0.25, 0.3) is 11.8 Å². The van der Waals surface area contributed by atoms with E-state index >= 15 is 0 Å². The second-order valence-electron chi connectivity index (χ2n) is 11.5. The molecule has 0 fully saturated rings. The molecule has 3 N–H and O–H groups in total. The van der Waals surface area contributed by atoms with E-state index in [1.807, 2.05) is 72.8 Å². The lowest BCUT2D eigenvalue weighted by molar-refractivity contribution is -0.143. The third-order valence-corrected chi connectivity index (χ3v) is 8.29. The van der Waals surface area contributed by atoms with Crippen LogP contribution in [0.4, 0.5) is 0 Å². The summed E-state index contributed by atoms with van der Waals surface area (Å²) < 4.78 is 23.5. The SMILES string of the molecule is COC(=O)COc1c2cccc1Cc1cccc3c1OCC(=O)NCCNC(=O)COc1c(cccc1C2)Cc1cccc(c1O)C3. The highest BCUT2D eigenvalue weighted by atomic mass is 16.6. The van der Waals surface area contributed by atoms with E-state index in [2.05, 4.69) is 10.6 Å². The fourth-order valence-electron chi connectivity index (χ4n) is 6.03. The highest BCUT2D eigenvalue weighted by Gasteiger charge is 2.22. The number of benzene rings is 4. The van der Waals surface area contributed by atoms with Crippen LogP contribution >= 0.6 is 0 Å². The number of phenolic OH excluding ortho intramolecular Hbond substituents is 1. The Labute approximate surface area is 272 Å². The van der Waals surface area contributed by atoms with Crippen LogP contribution in [-0.2, 0) is 44.8 Å². The average Bonchev–Trinajstić information content (AvgIpc) is 3.06. The maximum atomic E-state index is 12.8. The molecule has 1 aliphatic heterocycles. The molecule has 242 valence electrons. The van der Waals surface area contributed by atoms with Gasteiger partial charge in [0, 0.05) is 38.8 Å². The van der Waals surface area contributed by atoms with E-state index in [-0.39, 0.29) is 50.5 Å². The van der Waals surface area contributed by atoms with Crippen LogP contribution in [0, 0.1) is 0 Å². The molecule has 0 unspecified atom stereocenters. The lowest BCUT2D eigenvalue weighted by atomic mass is 9.91. The molecule has 0 saturated heterocycles. The molecule has 0 saturated carbocycles. The van der Waals surface area contributed by atoms with Crippen molar-refractivity contribution in [1.82, 2.24) is 10.6 Å². The van der Waals surface area contributed by atoms with E-state index in [9.17, 15) is 19.5 Å². The molecule has 1 aliphatic carbocycles. The molecule has 4 aromatic carbocycles. The molecule has 0 radical (unpaired) electrons. The molecule has 4 aromatic rings. The number of fused-ring (bicyclic) bond motifs is 2. The van der Waals surface area contributed by atoms with E-state index in [1.165, 1.54) is 7.11 Å². The zero-order valence-electron chi connectivity index (χ0n) is 26.1. The summed E-state index contributed by atoms with van der Waals surface area (Å²) in [6, 6.07) is 23.0. The topological polar surface area (TPSA) is 132 Å². The molecule has 0 spiro atoms. The van der Waals surface area contributed by atoms with Crippen LogP contribution in [-0.4, -0.2) is 62.9 Å². The van der Waals surface area contributed by atoms with Gasteiger partial charge in [0.15, 0.2) is 19.8 Å². The van der Waals surface area contributed by atoms with Gasteiger partial charge in [-0.1, -0.05) is 72.8 Å². The van der Waals surface area contributed by atoms with E-state index in [0.29, 0.717) is 54.1 Å². The van der Waals surface area contributed by atoms with Crippen molar-refractivity contribution in [3.05, 3.63) is 117 Å². The van der Waals surface area contributed by atoms with Gasteiger partial charge in [0.1, 0.15) is 23.0 Å². The van der Waals surface area contributed by atoms with E-state index in [1.54, 1.807) is 0 Å². The van der Waals surface area contributed by atoms with Gasteiger partial charge in [0.05, 0.1) is 7.11 Å². The Morgan fingerprint density at radius 2 is 1.04 bits per heavy atom. The fourth-order valence-corrected chi connectivity index (χ4v) is 6.03. The number of carbonyl (C=O) groups is 3. The Hall–Kier alpha value is -5.51. The number of carbonyl (C=O) groups excluding carboxylic acids is 3. The quantitative estimate of drug-likeness (QED) is 0.256. The van der Waals surface area contributed by atoms with E-state index < -0.39 is 5.97 Å². The lowest BCUT2D eigenvalue weighted by Gasteiger charge is -2.21. The molecule has 6 rings (SSSR count). The Balaban J connectivity index is 1.58. The predicted octanol–water partition coefficient (Wildman–Crippen LogP) is 3.62. The van der Waals surface area contributed by atoms with Crippen LogP contribution in [0.3, 0.4) is 0 Å². The number of nitrogens with one attached hydrogen (secondary N) is 2. The third kappa shape index (κ3) is 7.33. The monoisotopic (exact) mass is 636 g/mol. The highest BCUT2D eigenvalue weighted by Crippen LogP contribution is 2.38. The largest absolute Gasteiger partial charge is 0.507 e. The molecule has 10 bridgehead atoms. The van der Waals surface area contributed by atoms with Crippen molar-refractivity contribution in [2.75, 3.05) is 40.0 Å². The first-order valence-electron chi connectivity index (χ1n) is 15.5. The van der Waals surface area contributed by atoms with Gasteiger partial charge in [-0.2, -0.15) is 0 Å². The molecule has 10 nitrogen and oxygen atoms in total. The third-order valence-electron chi connectivity index (χ3n) is 8.29. The Kier molecular flexibility index (Phi) is 9.56. The standard InChI is InChI=1S/C37H36N2O8/c1-44-33(42)22-47-37-29-12-5-13-30(37)19-28-11-4-9-26-17-24-7-2-6-23(34(24)43)16-25-8-3-10-27(18-29)35(25)45-20-31(40)38-14-15-39-32(41)21-46-36(26)28/h2-13,43H,14-22H2,1H3,(H,38,40)(H,39,41). The Morgan fingerprint density at radius 3 is 1.47 bits per heavy atom. The zero-order chi connectivity index (χ0) is 32.8. The number of ether oxygens (including phenoxy) is 4. The van der Waals surface area contributed by atoms with Crippen LogP contribution in [0.15, 0.2) is 72.8 Å². The average molecular weight is 637 g/mol. The minimum Gasteiger partial charge on any atom is -0.507 e. The van der Waals surface area contributed by atoms with Crippen molar-refractivity contribution in [1.29, 1.82) is 0 Å². The summed E-state index contributed by atoms with van der Waals surface area (Å²) in [6.07, 6.45) is 1.42. The van der Waals surface area contributed by atoms with Crippen LogP contribution in [0.5, 0.6) is 23.0 Å². The van der Waals surface area contributed by atoms with Crippen molar-refractivity contribution in [3.63, 3.8) is 0 Å². The van der Waals surface area contributed by atoms with Gasteiger partial charge in [-0.15, -0.1) is 0 Å². The number of esters is 1. The van der Waals surface area contributed by atoms with Gasteiger partial charge in [-0.25, -0.2) is 4.79 Å². The number of hydrogen-bond donors (Lipinski definition) is 3. The summed E-state index contributed by atoms with van der Waals surface area (Å²) in [5, 5.41) is 17.1. The molecular formula is C37H36N2O8.